The number of rotatable bonds is 37. The van der Waals surface area contributed by atoms with Gasteiger partial charge in [-0.3, -0.25) is 14.4 Å². The summed E-state index contributed by atoms with van der Waals surface area (Å²) < 4.78 is 21.6. The normalized spacial score (nSPS) is 11.8. The van der Waals surface area contributed by atoms with E-state index >= 15 is 0 Å². The molecule has 0 aromatic carbocycles. The predicted octanol–water partition coefficient (Wildman–Crippen LogP) is 11.7. The molecular weight excluding hydrogens is 636 g/mol. The Morgan fingerprint density at radius 2 is 0.800 bits per heavy atom. The van der Waals surface area contributed by atoms with Crippen LogP contribution in [0.1, 0.15) is 207 Å². The molecular formula is C41H76O9. The van der Waals surface area contributed by atoms with Gasteiger partial charge in [-0.25, -0.2) is 4.79 Å². The Kier molecular flexibility index (Phi) is 34.8. The zero-order valence-electron chi connectivity index (χ0n) is 32.5. The third-order valence-electron chi connectivity index (χ3n) is 9.25. The molecule has 1 atom stereocenters. The van der Waals surface area contributed by atoms with Crippen molar-refractivity contribution in [2.45, 2.75) is 213 Å². The van der Waals surface area contributed by atoms with Crippen molar-refractivity contribution in [1.29, 1.82) is 0 Å². The Morgan fingerprint density at radius 3 is 1.26 bits per heavy atom. The highest BCUT2D eigenvalue weighted by atomic mass is 16.7. The molecule has 294 valence electrons. The smallest absolute Gasteiger partial charge is 0.466 e. The minimum absolute atomic E-state index is 0.110. The number of hydrogen-bond acceptors (Lipinski definition) is 8. The Labute approximate surface area is 305 Å². The molecule has 1 unspecified atom stereocenters. The summed E-state index contributed by atoms with van der Waals surface area (Å²) in [4.78, 5) is 48.1. The van der Waals surface area contributed by atoms with Gasteiger partial charge in [-0.1, -0.05) is 136 Å². The first-order valence-electron chi connectivity index (χ1n) is 20.7. The van der Waals surface area contributed by atoms with Crippen molar-refractivity contribution in [3.63, 3.8) is 0 Å². The van der Waals surface area contributed by atoms with Crippen molar-refractivity contribution in [1.82, 2.24) is 0 Å². The van der Waals surface area contributed by atoms with E-state index in [1.54, 1.807) is 0 Å². The molecule has 0 saturated heterocycles. The lowest BCUT2D eigenvalue weighted by atomic mass is 10.0. The largest absolute Gasteiger partial charge is 0.506 e. The van der Waals surface area contributed by atoms with E-state index in [-0.39, 0.29) is 56.2 Å². The van der Waals surface area contributed by atoms with Gasteiger partial charge < -0.3 is 24.1 Å². The monoisotopic (exact) mass is 713 g/mol. The van der Waals surface area contributed by atoms with Crippen LogP contribution in [0.25, 0.3) is 0 Å². The molecule has 0 spiro atoms. The number of carbonyl (C=O) groups is 4. The molecule has 0 rings (SSSR count). The van der Waals surface area contributed by atoms with Gasteiger partial charge in [0, 0.05) is 25.2 Å². The van der Waals surface area contributed by atoms with Crippen LogP contribution < -0.4 is 0 Å². The highest BCUT2D eigenvalue weighted by molar-refractivity contribution is 5.70. The molecule has 0 bridgehead atoms. The lowest BCUT2D eigenvalue weighted by Gasteiger charge is -2.17. The summed E-state index contributed by atoms with van der Waals surface area (Å²) in [7, 11) is 0. The van der Waals surface area contributed by atoms with E-state index in [9.17, 15) is 19.2 Å². The molecule has 0 aliphatic heterocycles. The molecule has 0 saturated carbocycles. The molecule has 1 N–H and O–H groups in total. The lowest BCUT2D eigenvalue weighted by Crippen LogP contribution is -2.21. The summed E-state index contributed by atoms with van der Waals surface area (Å²) in [5, 5.41) is 9.13. The maximum atomic E-state index is 12.4. The molecule has 0 heterocycles. The van der Waals surface area contributed by atoms with Crippen LogP contribution in [0.5, 0.6) is 0 Å². The Morgan fingerprint density at radius 1 is 0.440 bits per heavy atom. The second kappa shape index (κ2) is 36.5. The van der Waals surface area contributed by atoms with E-state index in [0.717, 1.165) is 70.6 Å². The van der Waals surface area contributed by atoms with Crippen LogP contribution in [0.3, 0.4) is 0 Å². The van der Waals surface area contributed by atoms with E-state index in [2.05, 4.69) is 20.8 Å². The molecule has 0 aliphatic carbocycles. The second-order valence-corrected chi connectivity index (χ2v) is 14.1. The number of carboxylic acid groups (broad SMARTS) is 1. The summed E-state index contributed by atoms with van der Waals surface area (Å²) in [6, 6.07) is 0. The van der Waals surface area contributed by atoms with Gasteiger partial charge in [0.15, 0.2) is 0 Å². The van der Waals surface area contributed by atoms with Gasteiger partial charge in [0.05, 0.1) is 19.8 Å². The van der Waals surface area contributed by atoms with Crippen LogP contribution in [0.15, 0.2) is 0 Å². The lowest BCUT2D eigenvalue weighted by molar-refractivity contribution is -0.149. The molecule has 9 nitrogen and oxygen atoms in total. The Hall–Kier alpha value is -2.32. The average molecular weight is 713 g/mol. The molecule has 0 aromatic heterocycles. The van der Waals surface area contributed by atoms with Crippen molar-refractivity contribution in [3.05, 3.63) is 0 Å². The molecule has 0 aliphatic rings. The standard InChI is InChI=1S/C41H76O9/c1-4-7-10-13-14-15-16-17-20-21-28-37(50-41(45)46)29-26-33-47-38(42)32-25-24-27-36(34-48-39(43)30-22-18-11-8-5-2)35-49-40(44)31-23-19-12-9-6-3/h36-37H,4-35H2,1-3H3,(H,45,46). The zero-order valence-corrected chi connectivity index (χ0v) is 32.5. The quantitative estimate of drug-likeness (QED) is 0.0380. The van der Waals surface area contributed by atoms with Gasteiger partial charge >= 0.3 is 24.1 Å². The van der Waals surface area contributed by atoms with E-state index in [1.165, 1.54) is 64.2 Å². The first-order chi connectivity index (χ1) is 24.3. The van der Waals surface area contributed by atoms with Gasteiger partial charge in [-0.2, -0.15) is 0 Å². The molecule has 9 heteroatoms. The fourth-order valence-electron chi connectivity index (χ4n) is 6.06. The Bertz CT molecular complexity index is 786. The fraction of sp³-hybridized carbons (Fsp3) is 0.902. The van der Waals surface area contributed by atoms with Gasteiger partial charge in [0.2, 0.25) is 0 Å². The van der Waals surface area contributed by atoms with Crippen LogP contribution in [-0.4, -0.2) is 55.1 Å². The summed E-state index contributed by atoms with van der Waals surface area (Å²) >= 11 is 0. The SMILES string of the molecule is CCCCCCCCCCCCC(CCCOC(=O)CCCCC(COC(=O)CCCCCCC)COC(=O)CCCCCCC)OC(=O)O. The molecule has 0 aromatic rings. The van der Waals surface area contributed by atoms with Crippen LogP contribution in [0, 0.1) is 5.92 Å². The van der Waals surface area contributed by atoms with Crippen molar-refractivity contribution in [2.75, 3.05) is 19.8 Å². The summed E-state index contributed by atoms with van der Waals surface area (Å²) in [6.07, 6.45) is 26.1. The van der Waals surface area contributed by atoms with E-state index in [4.69, 9.17) is 24.1 Å². The molecule has 0 radical (unpaired) electrons. The average Bonchev–Trinajstić information content (AvgIpc) is 3.09. The third kappa shape index (κ3) is 34.1. The summed E-state index contributed by atoms with van der Waals surface area (Å²) in [5.74, 6) is -0.814. The van der Waals surface area contributed by atoms with E-state index in [0.29, 0.717) is 44.9 Å². The third-order valence-corrected chi connectivity index (χ3v) is 9.25. The van der Waals surface area contributed by atoms with E-state index in [1.807, 2.05) is 0 Å². The van der Waals surface area contributed by atoms with Crippen LogP contribution >= 0.6 is 0 Å². The maximum absolute atomic E-state index is 12.4. The summed E-state index contributed by atoms with van der Waals surface area (Å²) in [5.41, 5.74) is 0. The van der Waals surface area contributed by atoms with Crippen molar-refractivity contribution in [3.8, 4) is 0 Å². The maximum Gasteiger partial charge on any atom is 0.506 e. The fourth-order valence-corrected chi connectivity index (χ4v) is 6.06. The van der Waals surface area contributed by atoms with Crippen LogP contribution in [0.2, 0.25) is 0 Å². The van der Waals surface area contributed by atoms with Gasteiger partial charge in [0.1, 0.15) is 6.10 Å². The van der Waals surface area contributed by atoms with Gasteiger partial charge in [-0.15, -0.1) is 0 Å². The first kappa shape index (κ1) is 47.7. The zero-order chi connectivity index (χ0) is 36.9. The predicted molar refractivity (Wildman–Crippen MR) is 200 cm³/mol. The molecule has 0 amide bonds. The topological polar surface area (TPSA) is 125 Å². The minimum atomic E-state index is -1.26. The number of carbonyl (C=O) groups excluding carboxylic acids is 3. The summed E-state index contributed by atoms with van der Waals surface area (Å²) in [6.45, 7) is 7.21. The van der Waals surface area contributed by atoms with Crippen LogP contribution in [-0.2, 0) is 33.3 Å². The van der Waals surface area contributed by atoms with Crippen LogP contribution in [0.4, 0.5) is 4.79 Å². The number of ether oxygens (including phenoxy) is 4. The highest BCUT2D eigenvalue weighted by Gasteiger charge is 2.17. The number of unbranched alkanes of at least 4 members (excludes halogenated alkanes) is 18. The Balaban J connectivity index is 4.37. The first-order valence-corrected chi connectivity index (χ1v) is 20.7. The van der Waals surface area contributed by atoms with Crippen molar-refractivity contribution < 1.29 is 43.2 Å². The number of esters is 3. The highest BCUT2D eigenvalue weighted by Crippen LogP contribution is 2.17. The molecule has 50 heavy (non-hydrogen) atoms. The van der Waals surface area contributed by atoms with Crippen molar-refractivity contribution in [2.24, 2.45) is 5.92 Å². The van der Waals surface area contributed by atoms with Crippen molar-refractivity contribution >= 4 is 24.1 Å². The minimum Gasteiger partial charge on any atom is -0.466 e. The second-order valence-electron chi connectivity index (χ2n) is 14.1. The number of hydrogen-bond donors (Lipinski definition) is 1. The molecule has 0 fully saturated rings. The van der Waals surface area contributed by atoms with E-state index < -0.39 is 6.16 Å². The van der Waals surface area contributed by atoms with Gasteiger partial charge in [0.25, 0.3) is 0 Å². The van der Waals surface area contributed by atoms with Gasteiger partial charge in [-0.05, 0) is 51.4 Å².